The van der Waals surface area contributed by atoms with Crippen molar-refractivity contribution in [3.63, 3.8) is 0 Å². The molecule has 0 radical (unpaired) electrons. The van der Waals surface area contributed by atoms with Crippen LogP contribution in [0.4, 0.5) is 0 Å². The standard InChI is InChI=1S/C15H11BrCl2/c16-14-7-10-3-6-12(18)8-13(10)15(14)9-1-4-11(17)5-2-9/h1-6,8,14-15H,7H2. The molecule has 0 spiro atoms. The van der Waals surface area contributed by atoms with Gasteiger partial charge in [-0.3, -0.25) is 0 Å². The van der Waals surface area contributed by atoms with E-state index in [0.717, 1.165) is 16.5 Å². The zero-order chi connectivity index (χ0) is 12.7. The highest BCUT2D eigenvalue weighted by Crippen LogP contribution is 2.43. The third kappa shape index (κ3) is 2.20. The molecule has 1 aliphatic carbocycles. The van der Waals surface area contributed by atoms with Crippen molar-refractivity contribution in [1.29, 1.82) is 0 Å². The molecule has 1 aliphatic rings. The van der Waals surface area contributed by atoms with Crippen LogP contribution in [0.15, 0.2) is 42.5 Å². The van der Waals surface area contributed by atoms with E-state index in [9.17, 15) is 0 Å². The smallest absolute Gasteiger partial charge is 0.0409 e. The minimum absolute atomic E-state index is 0.357. The van der Waals surface area contributed by atoms with Gasteiger partial charge in [-0.1, -0.05) is 57.3 Å². The van der Waals surface area contributed by atoms with Crippen molar-refractivity contribution in [3.8, 4) is 0 Å². The molecule has 3 heteroatoms. The average Bonchev–Trinajstić information content (AvgIpc) is 2.66. The number of hydrogen-bond donors (Lipinski definition) is 0. The molecule has 0 amide bonds. The lowest BCUT2D eigenvalue weighted by atomic mass is 9.93. The molecule has 0 aromatic heterocycles. The SMILES string of the molecule is Clc1ccc(C2c3cc(Cl)ccc3CC2Br)cc1. The van der Waals surface area contributed by atoms with E-state index in [-0.39, 0.29) is 0 Å². The Morgan fingerprint density at radius 2 is 1.61 bits per heavy atom. The lowest BCUT2D eigenvalue weighted by molar-refractivity contribution is 0.821. The Morgan fingerprint density at radius 1 is 0.944 bits per heavy atom. The Hall–Kier alpha value is -0.500. The number of rotatable bonds is 1. The van der Waals surface area contributed by atoms with Gasteiger partial charge >= 0.3 is 0 Å². The highest BCUT2D eigenvalue weighted by Gasteiger charge is 2.31. The number of benzene rings is 2. The zero-order valence-corrected chi connectivity index (χ0v) is 12.6. The third-order valence-corrected chi connectivity index (χ3v) is 4.79. The number of alkyl halides is 1. The largest absolute Gasteiger partial charge is 0.0877 e. The van der Waals surface area contributed by atoms with E-state index in [1.165, 1.54) is 16.7 Å². The number of hydrogen-bond acceptors (Lipinski definition) is 0. The first-order valence-electron chi connectivity index (χ1n) is 5.83. The minimum atomic E-state index is 0.357. The second kappa shape index (κ2) is 4.88. The molecule has 0 aliphatic heterocycles. The predicted molar refractivity (Wildman–Crippen MR) is 81.2 cm³/mol. The highest BCUT2D eigenvalue weighted by molar-refractivity contribution is 9.09. The predicted octanol–water partition coefficient (Wildman–Crippen LogP) is 5.44. The first-order chi connectivity index (χ1) is 8.65. The maximum Gasteiger partial charge on any atom is 0.0409 e. The van der Waals surface area contributed by atoms with Crippen LogP contribution in [-0.4, -0.2) is 4.83 Å². The molecular formula is C15H11BrCl2. The number of halogens is 3. The van der Waals surface area contributed by atoms with Gasteiger partial charge in [0.25, 0.3) is 0 Å². The summed E-state index contributed by atoms with van der Waals surface area (Å²) in [5.41, 5.74) is 3.98. The van der Waals surface area contributed by atoms with Crippen LogP contribution >= 0.6 is 39.1 Å². The molecule has 0 nitrogen and oxygen atoms in total. The molecule has 3 rings (SSSR count). The van der Waals surface area contributed by atoms with Crippen LogP contribution in [0.2, 0.25) is 10.0 Å². The van der Waals surface area contributed by atoms with Crippen molar-refractivity contribution in [2.45, 2.75) is 17.2 Å². The van der Waals surface area contributed by atoms with E-state index in [1.807, 2.05) is 18.2 Å². The van der Waals surface area contributed by atoms with Crippen molar-refractivity contribution < 1.29 is 0 Å². The van der Waals surface area contributed by atoms with E-state index in [0.29, 0.717) is 10.7 Å². The number of fused-ring (bicyclic) bond motifs is 1. The van der Waals surface area contributed by atoms with Gasteiger partial charge in [0.15, 0.2) is 0 Å². The minimum Gasteiger partial charge on any atom is -0.0877 e. The Bertz CT molecular complexity index is 578. The van der Waals surface area contributed by atoms with Crippen LogP contribution in [-0.2, 0) is 6.42 Å². The molecule has 0 bridgehead atoms. The molecule has 0 fully saturated rings. The van der Waals surface area contributed by atoms with Crippen LogP contribution in [0, 0.1) is 0 Å². The summed E-state index contributed by atoms with van der Waals surface area (Å²) in [6, 6.07) is 14.2. The maximum atomic E-state index is 6.11. The van der Waals surface area contributed by atoms with E-state index >= 15 is 0 Å². The van der Waals surface area contributed by atoms with Gasteiger partial charge in [0, 0.05) is 20.8 Å². The average molecular weight is 342 g/mol. The molecule has 0 saturated heterocycles. The quantitative estimate of drug-likeness (QED) is 0.605. The van der Waals surface area contributed by atoms with Gasteiger partial charge in [0.1, 0.15) is 0 Å². The van der Waals surface area contributed by atoms with Crippen LogP contribution in [0.5, 0.6) is 0 Å². The topological polar surface area (TPSA) is 0 Å². The molecule has 0 N–H and O–H groups in total. The van der Waals surface area contributed by atoms with E-state index in [1.54, 1.807) is 0 Å². The third-order valence-electron chi connectivity index (χ3n) is 3.45. The molecule has 0 heterocycles. The van der Waals surface area contributed by atoms with E-state index < -0.39 is 0 Å². The molecule has 18 heavy (non-hydrogen) atoms. The van der Waals surface area contributed by atoms with Crippen LogP contribution in [0.3, 0.4) is 0 Å². The fourth-order valence-corrected chi connectivity index (χ4v) is 3.87. The summed E-state index contributed by atoms with van der Waals surface area (Å²) in [5, 5.41) is 1.57. The Labute approximate surface area is 125 Å². The van der Waals surface area contributed by atoms with Crippen molar-refractivity contribution in [2.24, 2.45) is 0 Å². The summed E-state index contributed by atoms with van der Waals surface area (Å²) < 4.78 is 0. The zero-order valence-electron chi connectivity index (χ0n) is 9.54. The summed E-state index contributed by atoms with van der Waals surface area (Å²) in [5.74, 6) is 0.357. The van der Waals surface area contributed by atoms with Gasteiger partial charge in [-0.25, -0.2) is 0 Å². The molecule has 0 saturated carbocycles. The summed E-state index contributed by atoms with van der Waals surface area (Å²) in [6.07, 6.45) is 1.04. The van der Waals surface area contributed by atoms with Crippen molar-refractivity contribution in [3.05, 3.63) is 69.2 Å². The fourth-order valence-electron chi connectivity index (χ4n) is 2.62. The van der Waals surface area contributed by atoms with Gasteiger partial charge in [-0.05, 0) is 47.4 Å². The van der Waals surface area contributed by atoms with Crippen LogP contribution in [0.1, 0.15) is 22.6 Å². The molecule has 92 valence electrons. The highest BCUT2D eigenvalue weighted by atomic mass is 79.9. The molecular weight excluding hydrogens is 331 g/mol. The molecule has 2 unspecified atom stereocenters. The second-order valence-corrected chi connectivity index (χ2v) is 6.64. The summed E-state index contributed by atoms with van der Waals surface area (Å²) >= 11 is 15.8. The summed E-state index contributed by atoms with van der Waals surface area (Å²) in [4.78, 5) is 0.423. The van der Waals surface area contributed by atoms with Gasteiger partial charge in [-0.15, -0.1) is 0 Å². The first kappa shape index (κ1) is 12.5. The van der Waals surface area contributed by atoms with Gasteiger partial charge < -0.3 is 0 Å². The normalized spacial score (nSPS) is 21.9. The summed E-state index contributed by atoms with van der Waals surface area (Å²) in [7, 11) is 0. The Kier molecular flexibility index (Phi) is 3.40. The van der Waals surface area contributed by atoms with Gasteiger partial charge in [-0.2, -0.15) is 0 Å². The van der Waals surface area contributed by atoms with Crippen molar-refractivity contribution >= 4 is 39.1 Å². The van der Waals surface area contributed by atoms with Crippen molar-refractivity contribution in [1.82, 2.24) is 0 Å². The lowest BCUT2D eigenvalue weighted by Gasteiger charge is -2.16. The first-order valence-corrected chi connectivity index (χ1v) is 7.50. The fraction of sp³-hybridized carbons (Fsp3) is 0.200. The lowest BCUT2D eigenvalue weighted by Crippen LogP contribution is -2.07. The Balaban J connectivity index is 2.08. The van der Waals surface area contributed by atoms with Crippen LogP contribution < -0.4 is 0 Å². The monoisotopic (exact) mass is 340 g/mol. The molecule has 2 aromatic carbocycles. The van der Waals surface area contributed by atoms with Crippen LogP contribution in [0.25, 0.3) is 0 Å². The van der Waals surface area contributed by atoms with Gasteiger partial charge in [0.05, 0.1) is 0 Å². The maximum absolute atomic E-state index is 6.11. The molecule has 2 atom stereocenters. The van der Waals surface area contributed by atoms with E-state index in [2.05, 4.69) is 40.2 Å². The van der Waals surface area contributed by atoms with Crippen molar-refractivity contribution in [2.75, 3.05) is 0 Å². The second-order valence-electron chi connectivity index (χ2n) is 4.59. The summed E-state index contributed by atoms with van der Waals surface area (Å²) in [6.45, 7) is 0. The van der Waals surface area contributed by atoms with Gasteiger partial charge in [0.2, 0.25) is 0 Å². The Morgan fingerprint density at radius 3 is 2.33 bits per heavy atom. The molecule has 2 aromatic rings. The van der Waals surface area contributed by atoms with E-state index in [4.69, 9.17) is 23.2 Å².